The fourth-order valence-corrected chi connectivity index (χ4v) is 6.97. The number of carbonyl (C=O) groups excluding carboxylic acids is 2. The van der Waals surface area contributed by atoms with Crippen molar-refractivity contribution in [3.63, 3.8) is 0 Å². The molecule has 2 amide bonds. The van der Waals surface area contributed by atoms with Gasteiger partial charge in [0.2, 0.25) is 11.8 Å². The second kappa shape index (κ2) is 36.7. The highest BCUT2D eigenvalue weighted by atomic mass is 16.7. The quantitative estimate of drug-likeness (QED) is 0.0463. The molecule has 0 saturated carbocycles. The van der Waals surface area contributed by atoms with Gasteiger partial charge in [0.1, 0.15) is 18.3 Å². The van der Waals surface area contributed by atoms with E-state index in [0.717, 1.165) is 25.7 Å². The number of hydrogen-bond donors (Lipinski definition) is 4. The van der Waals surface area contributed by atoms with Crippen LogP contribution in [-0.2, 0) is 23.8 Å². The van der Waals surface area contributed by atoms with Crippen LogP contribution in [-0.4, -0.2) is 79.5 Å². The van der Waals surface area contributed by atoms with Crippen LogP contribution < -0.4 is 10.6 Å². The summed E-state index contributed by atoms with van der Waals surface area (Å²) in [7, 11) is 0. The molecular formula is C43H84N2O7. The molecule has 1 saturated heterocycles. The molecule has 1 aliphatic rings. The lowest BCUT2D eigenvalue weighted by molar-refractivity contribution is -0.180. The van der Waals surface area contributed by atoms with Crippen molar-refractivity contribution in [2.24, 2.45) is 0 Å². The number of rotatable bonds is 39. The first-order valence-electron chi connectivity index (χ1n) is 22.2. The number of unbranched alkanes of at least 4 members (excludes halogenated alkanes) is 24. The van der Waals surface area contributed by atoms with Gasteiger partial charge >= 0.3 is 0 Å². The van der Waals surface area contributed by atoms with Crippen LogP contribution in [0.5, 0.6) is 0 Å². The first-order chi connectivity index (χ1) is 25.5. The summed E-state index contributed by atoms with van der Waals surface area (Å²) < 4.78 is 17.4. The van der Waals surface area contributed by atoms with Crippen LogP contribution in [0.15, 0.2) is 0 Å². The van der Waals surface area contributed by atoms with E-state index in [1.54, 1.807) is 0 Å². The van der Waals surface area contributed by atoms with Crippen LogP contribution in [0, 0.1) is 0 Å². The number of carbonyl (C=O) groups is 2. The van der Waals surface area contributed by atoms with Crippen LogP contribution >= 0.6 is 0 Å². The van der Waals surface area contributed by atoms with Crippen molar-refractivity contribution in [2.45, 2.75) is 231 Å². The highest BCUT2D eigenvalue weighted by Gasteiger charge is 2.44. The number of aliphatic hydroxyl groups is 2. The van der Waals surface area contributed by atoms with Gasteiger partial charge in [0, 0.05) is 32.5 Å². The summed E-state index contributed by atoms with van der Waals surface area (Å²) in [5, 5.41) is 26.1. The number of nitrogens with one attached hydrogen (secondary N) is 2. The second-order valence-corrected chi connectivity index (χ2v) is 15.3. The maximum Gasteiger partial charge on any atom is 0.219 e. The van der Waals surface area contributed by atoms with E-state index in [1.807, 2.05) is 0 Å². The van der Waals surface area contributed by atoms with Crippen molar-refractivity contribution >= 4 is 11.8 Å². The first-order valence-corrected chi connectivity index (χ1v) is 22.2. The molecule has 0 radical (unpaired) electrons. The molecule has 0 aromatic carbocycles. The Morgan fingerprint density at radius 1 is 0.519 bits per heavy atom. The minimum atomic E-state index is -1.000. The zero-order chi connectivity index (χ0) is 37.7. The molecule has 308 valence electrons. The van der Waals surface area contributed by atoms with Crippen LogP contribution in [0.4, 0.5) is 0 Å². The molecule has 0 bridgehead atoms. The Bertz CT molecular complexity index is 801. The Kier molecular flexibility index (Phi) is 34.4. The van der Waals surface area contributed by atoms with Crippen molar-refractivity contribution in [1.82, 2.24) is 10.6 Å². The maximum atomic E-state index is 12.2. The molecule has 9 heteroatoms. The lowest BCUT2D eigenvalue weighted by Crippen LogP contribution is -2.38. The summed E-state index contributed by atoms with van der Waals surface area (Å²) >= 11 is 0. The number of ether oxygens (including phenoxy) is 3. The molecule has 1 heterocycles. The lowest BCUT2D eigenvalue weighted by Gasteiger charge is -2.21. The van der Waals surface area contributed by atoms with Gasteiger partial charge in [0.15, 0.2) is 6.29 Å². The molecule has 9 nitrogen and oxygen atoms in total. The molecule has 0 unspecified atom stereocenters. The van der Waals surface area contributed by atoms with Gasteiger partial charge < -0.3 is 35.1 Å². The monoisotopic (exact) mass is 741 g/mol. The van der Waals surface area contributed by atoms with Gasteiger partial charge in [0.25, 0.3) is 0 Å². The maximum absolute atomic E-state index is 12.2. The number of amides is 2. The van der Waals surface area contributed by atoms with Gasteiger partial charge in [-0.25, -0.2) is 0 Å². The number of hydrogen-bond acceptors (Lipinski definition) is 7. The van der Waals surface area contributed by atoms with Crippen LogP contribution in [0.1, 0.15) is 206 Å². The normalized spacial score (nSPS) is 18.6. The van der Waals surface area contributed by atoms with E-state index in [2.05, 4.69) is 24.5 Å². The Hall–Kier alpha value is -1.26. The number of aliphatic hydroxyl groups excluding tert-OH is 2. The smallest absolute Gasteiger partial charge is 0.219 e. The van der Waals surface area contributed by atoms with Crippen molar-refractivity contribution < 1.29 is 34.0 Å². The zero-order valence-corrected chi connectivity index (χ0v) is 34.0. The second-order valence-electron chi connectivity index (χ2n) is 15.3. The first kappa shape index (κ1) is 48.8. The molecule has 52 heavy (non-hydrogen) atoms. The topological polar surface area (TPSA) is 126 Å². The molecular weight excluding hydrogens is 656 g/mol. The SMILES string of the molecule is CCCCCCCCCCCCCCCC(=O)NCCCO[C@@H]1O[C@H](CO)[C@@H](O)[C@H]1OCCCNC(=O)CCCCCCCCCCCCCCC. The van der Waals surface area contributed by atoms with Gasteiger partial charge in [0.05, 0.1) is 13.2 Å². The third-order valence-electron chi connectivity index (χ3n) is 10.4. The van der Waals surface area contributed by atoms with E-state index in [1.165, 1.54) is 141 Å². The molecule has 1 aliphatic heterocycles. The Balaban J connectivity index is 2.01. The molecule has 4 atom stereocenters. The Morgan fingerprint density at radius 3 is 1.23 bits per heavy atom. The molecule has 1 rings (SSSR count). The third-order valence-corrected chi connectivity index (χ3v) is 10.4. The minimum absolute atomic E-state index is 0.0743. The average molecular weight is 741 g/mol. The fraction of sp³-hybridized carbons (Fsp3) is 0.953. The van der Waals surface area contributed by atoms with Gasteiger partial charge in [-0.15, -0.1) is 0 Å². The largest absolute Gasteiger partial charge is 0.394 e. The van der Waals surface area contributed by atoms with E-state index >= 15 is 0 Å². The predicted molar refractivity (Wildman–Crippen MR) is 213 cm³/mol. The van der Waals surface area contributed by atoms with Crippen LogP contribution in [0.3, 0.4) is 0 Å². The predicted octanol–water partition coefficient (Wildman–Crippen LogP) is 9.44. The molecule has 0 spiro atoms. The average Bonchev–Trinajstić information content (AvgIpc) is 3.45. The van der Waals surface area contributed by atoms with E-state index in [4.69, 9.17) is 14.2 Å². The Morgan fingerprint density at radius 2 is 0.865 bits per heavy atom. The molecule has 1 fully saturated rings. The third kappa shape index (κ3) is 28.2. The van der Waals surface area contributed by atoms with Crippen molar-refractivity contribution in [3.8, 4) is 0 Å². The van der Waals surface area contributed by atoms with E-state index in [-0.39, 0.29) is 18.4 Å². The highest BCUT2D eigenvalue weighted by molar-refractivity contribution is 5.76. The summed E-state index contributed by atoms with van der Waals surface area (Å²) in [4.78, 5) is 24.5. The summed E-state index contributed by atoms with van der Waals surface area (Å²) in [6.07, 6.45) is 32.6. The van der Waals surface area contributed by atoms with Gasteiger partial charge in [-0.2, -0.15) is 0 Å². The van der Waals surface area contributed by atoms with Crippen LogP contribution in [0.25, 0.3) is 0 Å². The summed E-state index contributed by atoms with van der Waals surface area (Å²) in [6.45, 7) is 5.89. The fourth-order valence-electron chi connectivity index (χ4n) is 6.97. The molecule has 0 aliphatic carbocycles. The van der Waals surface area contributed by atoms with Crippen molar-refractivity contribution in [2.75, 3.05) is 32.9 Å². The summed E-state index contributed by atoms with van der Waals surface area (Å²) in [5.74, 6) is 0.152. The van der Waals surface area contributed by atoms with Crippen LogP contribution in [0.2, 0.25) is 0 Å². The van der Waals surface area contributed by atoms with Gasteiger partial charge in [-0.1, -0.05) is 168 Å². The minimum Gasteiger partial charge on any atom is -0.394 e. The lowest BCUT2D eigenvalue weighted by atomic mass is 10.0. The zero-order valence-electron chi connectivity index (χ0n) is 34.0. The molecule has 0 aromatic heterocycles. The molecule has 4 N–H and O–H groups in total. The highest BCUT2D eigenvalue weighted by Crippen LogP contribution is 2.25. The standard InChI is InChI=1S/C43H84N2O7/c1-3-5-7-9-11-13-15-17-19-21-23-25-27-31-39(47)44-33-29-35-50-42-41(49)38(37-46)52-43(42)51-36-30-34-45-40(48)32-28-26-24-22-20-18-16-14-12-10-8-6-4-2/h38,41-43,46,49H,3-37H2,1-2H3,(H,44,47)(H,45,48)/t38-,41-,42-,43-/m1/s1. The summed E-state index contributed by atoms with van der Waals surface area (Å²) in [5.41, 5.74) is 0. The van der Waals surface area contributed by atoms with E-state index in [9.17, 15) is 19.8 Å². The van der Waals surface area contributed by atoms with E-state index < -0.39 is 24.6 Å². The molecule has 0 aromatic rings. The van der Waals surface area contributed by atoms with E-state index in [0.29, 0.717) is 52.0 Å². The van der Waals surface area contributed by atoms with Crippen molar-refractivity contribution in [1.29, 1.82) is 0 Å². The van der Waals surface area contributed by atoms with Crippen molar-refractivity contribution in [3.05, 3.63) is 0 Å². The Labute approximate surface area is 319 Å². The van der Waals surface area contributed by atoms with Gasteiger partial charge in [-0.05, 0) is 25.7 Å². The van der Waals surface area contributed by atoms with Gasteiger partial charge in [-0.3, -0.25) is 9.59 Å². The summed E-state index contributed by atoms with van der Waals surface area (Å²) in [6, 6.07) is 0.